The number of ether oxygens (including phenoxy) is 1. The molecule has 1 N–H and O–H groups in total. The van der Waals surface area contributed by atoms with Crippen molar-refractivity contribution < 1.29 is 4.74 Å². The van der Waals surface area contributed by atoms with Crippen molar-refractivity contribution in [2.24, 2.45) is 0 Å². The molecule has 3 heteroatoms. The van der Waals surface area contributed by atoms with Crippen molar-refractivity contribution in [3.05, 3.63) is 36.5 Å². The van der Waals surface area contributed by atoms with Crippen LogP contribution in [0.4, 0.5) is 0 Å². The molecule has 1 aromatic heterocycles. The first-order valence-electron chi connectivity index (χ1n) is 10.6. The Kier molecular flexibility index (Phi) is 10.6. The lowest BCUT2D eigenvalue weighted by molar-refractivity contribution is 0.304. The van der Waals surface area contributed by atoms with Crippen LogP contribution in [0.1, 0.15) is 84.0 Å². The van der Waals surface area contributed by atoms with Crippen molar-refractivity contribution in [3.8, 4) is 17.0 Å². The maximum absolute atomic E-state index is 5.84. The molecule has 0 aliphatic rings. The zero-order valence-corrected chi connectivity index (χ0v) is 16.5. The van der Waals surface area contributed by atoms with Crippen LogP contribution in [-0.4, -0.2) is 16.8 Å². The molecular weight excluding hydrogens is 320 g/mol. The first-order valence-corrected chi connectivity index (χ1v) is 10.6. The minimum absolute atomic E-state index is 0.820. The lowest BCUT2D eigenvalue weighted by Crippen LogP contribution is -1.97. The molecule has 0 spiro atoms. The number of unbranched alkanes of at least 4 members (excludes halogenated alkanes) is 11. The van der Waals surface area contributed by atoms with Gasteiger partial charge in [0.05, 0.1) is 12.3 Å². The molecule has 1 heterocycles. The Balaban J connectivity index is 1.41. The summed E-state index contributed by atoms with van der Waals surface area (Å²) < 4.78 is 5.84. The number of hydrogen-bond acceptors (Lipinski definition) is 2. The minimum Gasteiger partial charge on any atom is -0.494 e. The van der Waals surface area contributed by atoms with E-state index in [1.807, 2.05) is 18.2 Å². The Morgan fingerprint density at radius 2 is 1.31 bits per heavy atom. The van der Waals surface area contributed by atoms with Crippen molar-refractivity contribution in [2.45, 2.75) is 84.0 Å². The standard InChI is InChI=1S/C23H36N2O/c1-2-3-4-5-6-7-8-9-10-11-12-13-20-26-22-16-14-21(15-17-22)23-18-19-24-25-23/h14-19H,2-13,20H2,1H3,(H,24,25). The van der Waals surface area contributed by atoms with E-state index in [2.05, 4.69) is 29.3 Å². The normalized spacial score (nSPS) is 11.0. The minimum atomic E-state index is 0.820. The van der Waals surface area contributed by atoms with E-state index >= 15 is 0 Å². The van der Waals surface area contributed by atoms with Crippen LogP contribution in [0.15, 0.2) is 36.5 Å². The van der Waals surface area contributed by atoms with E-state index in [4.69, 9.17) is 4.74 Å². The third kappa shape index (κ3) is 8.55. The first-order chi connectivity index (χ1) is 12.9. The van der Waals surface area contributed by atoms with Gasteiger partial charge in [0.15, 0.2) is 0 Å². The Labute approximate surface area is 159 Å². The van der Waals surface area contributed by atoms with Crippen LogP contribution < -0.4 is 4.74 Å². The quantitative estimate of drug-likeness (QED) is 0.344. The van der Waals surface area contributed by atoms with Gasteiger partial charge < -0.3 is 4.74 Å². The fraction of sp³-hybridized carbons (Fsp3) is 0.609. The number of aromatic nitrogens is 2. The molecule has 2 rings (SSSR count). The lowest BCUT2D eigenvalue weighted by atomic mass is 10.1. The van der Waals surface area contributed by atoms with Gasteiger partial charge >= 0.3 is 0 Å². The van der Waals surface area contributed by atoms with Crippen LogP contribution in [0, 0.1) is 0 Å². The summed E-state index contributed by atoms with van der Waals surface area (Å²) in [5.74, 6) is 0.955. The van der Waals surface area contributed by atoms with Gasteiger partial charge in [-0.1, -0.05) is 77.6 Å². The van der Waals surface area contributed by atoms with E-state index in [1.165, 1.54) is 70.6 Å². The smallest absolute Gasteiger partial charge is 0.119 e. The second kappa shape index (κ2) is 13.4. The monoisotopic (exact) mass is 356 g/mol. The summed E-state index contributed by atoms with van der Waals surface area (Å²) in [5.41, 5.74) is 2.18. The average Bonchev–Trinajstić information content (AvgIpc) is 3.21. The first kappa shape index (κ1) is 20.5. The Bertz CT molecular complexity index is 548. The SMILES string of the molecule is CCCCCCCCCCCCCCOc1ccc(-c2ccn[nH]2)cc1. The van der Waals surface area contributed by atoms with Gasteiger partial charge in [0.25, 0.3) is 0 Å². The number of rotatable bonds is 15. The molecule has 0 amide bonds. The summed E-state index contributed by atoms with van der Waals surface area (Å²) in [6.45, 7) is 3.10. The Hall–Kier alpha value is -1.77. The summed E-state index contributed by atoms with van der Waals surface area (Å²) in [6.07, 6.45) is 18.3. The van der Waals surface area contributed by atoms with Gasteiger partial charge in [-0.2, -0.15) is 5.10 Å². The fourth-order valence-corrected chi connectivity index (χ4v) is 3.28. The molecule has 144 valence electrons. The summed E-state index contributed by atoms with van der Waals surface area (Å²) in [4.78, 5) is 0. The van der Waals surface area contributed by atoms with Crippen LogP contribution >= 0.6 is 0 Å². The van der Waals surface area contributed by atoms with Crippen LogP contribution in [-0.2, 0) is 0 Å². The molecule has 0 saturated carbocycles. The zero-order valence-electron chi connectivity index (χ0n) is 16.5. The molecule has 3 nitrogen and oxygen atoms in total. The van der Waals surface area contributed by atoms with Gasteiger partial charge in [0.2, 0.25) is 0 Å². The van der Waals surface area contributed by atoms with E-state index in [-0.39, 0.29) is 0 Å². The summed E-state index contributed by atoms with van der Waals surface area (Å²) in [5, 5.41) is 6.96. The van der Waals surface area contributed by atoms with Crippen molar-refractivity contribution >= 4 is 0 Å². The maximum Gasteiger partial charge on any atom is 0.119 e. The van der Waals surface area contributed by atoms with Gasteiger partial charge in [0.1, 0.15) is 5.75 Å². The van der Waals surface area contributed by atoms with E-state index in [0.717, 1.165) is 30.0 Å². The van der Waals surface area contributed by atoms with E-state index < -0.39 is 0 Å². The molecular formula is C23H36N2O. The molecule has 0 saturated heterocycles. The predicted octanol–water partition coefficient (Wildman–Crippen LogP) is 7.16. The Morgan fingerprint density at radius 1 is 0.731 bits per heavy atom. The molecule has 0 bridgehead atoms. The van der Waals surface area contributed by atoms with E-state index in [1.54, 1.807) is 6.20 Å². The molecule has 0 atom stereocenters. The van der Waals surface area contributed by atoms with E-state index in [9.17, 15) is 0 Å². The number of nitrogens with one attached hydrogen (secondary N) is 1. The number of benzene rings is 1. The summed E-state index contributed by atoms with van der Waals surface area (Å²) in [7, 11) is 0. The zero-order chi connectivity index (χ0) is 18.3. The van der Waals surface area contributed by atoms with Crippen LogP contribution in [0.3, 0.4) is 0 Å². The predicted molar refractivity (Wildman–Crippen MR) is 111 cm³/mol. The van der Waals surface area contributed by atoms with Crippen LogP contribution in [0.25, 0.3) is 11.3 Å². The molecule has 0 radical (unpaired) electrons. The van der Waals surface area contributed by atoms with Crippen LogP contribution in [0.5, 0.6) is 5.75 Å². The van der Waals surface area contributed by atoms with Gasteiger partial charge in [-0.05, 0) is 42.3 Å². The third-order valence-corrected chi connectivity index (χ3v) is 4.93. The molecule has 26 heavy (non-hydrogen) atoms. The topological polar surface area (TPSA) is 37.9 Å². The maximum atomic E-state index is 5.84. The highest BCUT2D eigenvalue weighted by Gasteiger charge is 2.00. The molecule has 1 aromatic carbocycles. The van der Waals surface area contributed by atoms with Crippen molar-refractivity contribution in [1.29, 1.82) is 0 Å². The highest BCUT2D eigenvalue weighted by atomic mass is 16.5. The highest BCUT2D eigenvalue weighted by molar-refractivity contribution is 5.59. The summed E-state index contributed by atoms with van der Waals surface area (Å²) >= 11 is 0. The molecule has 0 aliphatic carbocycles. The van der Waals surface area contributed by atoms with Crippen molar-refractivity contribution in [3.63, 3.8) is 0 Å². The highest BCUT2D eigenvalue weighted by Crippen LogP contribution is 2.20. The van der Waals surface area contributed by atoms with Gasteiger partial charge in [-0.3, -0.25) is 5.10 Å². The largest absolute Gasteiger partial charge is 0.494 e. The van der Waals surface area contributed by atoms with Crippen molar-refractivity contribution in [1.82, 2.24) is 10.2 Å². The van der Waals surface area contributed by atoms with E-state index in [0.29, 0.717) is 0 Å². The third-order valence-electron chi connectivity index (χ3n) is 4.93. The van der Waals surface area contributed by atoms with Gasteiger partial charge in [0, 0.05) is 6.20 Å². The molecule has 0 unspecified atom stereocenters. The van der Waals surface area contributed by atoms with Crippen molar-refractivity contribution in [2.75, 3.05) is 6.61 Å². The molecule has 2 aromatic rings. The average molecular weight is 357 g/mol. The fourth-order valence-electron chi connectivity index (χ4n) is 3.28. The second-order valence-electron chi connectivity index (χ2n) is 7.23. The number of hydrogen-bond donors (Lipinski definition) is 1. The Morgan fingerprint density at radius 3 is 1.85 bits per heavy atom. The van der Waals surface area contributed by atoms with Crippen LogP contribution in [0.2, 0.25) is 0 Å². The second-order valence-corrected chi connectivity index (χ2v) is 7.23. The van der Waals surface area contributed by atoms with Gasteiger partial charge in [-0.15, -0.1) is 0 Å². The molecule has 0 aliphatic heterocycles. The number of aromatic amines is 1. The van der Waals surface area contributed by atoms with Gasteiger partial charge in [-0.25, -0.2) is 0 Å². The number of nitrogens with zero attached hydrogens (tertiary/aromatic N) is 1. The number of H-pyrrole nitrogens is 1. The lowest BCUT2D eigenvalue weighted by Gasteiger charge is -2.07. The summed E-state index contributed by atoms with van der Waals surface area (Å²) in [6, 6.07) is 10.2. The molecule has 0 fully saturated rings.